The summed E-state index contributed by atoms with van der Waals surface area (Å²) in [5.74, 6) is -1.12. The van der Waals surface area contributed by atoms with Crippen molar-refractivity contribution in [2.24, 2.45) is 0 Å². The summed E-state index contributed by atoms with van der Waals surface area (Å²) in [5, 5.41) is 76.3. The first kappa shape index (κ1) is 30.2. The van der Waals surface area contributed by atoms with Crippen molar-refractivity contribution in [1.82, 2.24) is 10.6 Å². The second-order valence-electron chi connectivity index (χ2n) is 6.19. The minimum atomic E-state index is -1.71. The van der Waals surface area contributed by atoms with E-state index in [1.165, 1.54) is 0 Å². The molecule has 30 heavy (non-hydrogen) atoms. The number of hydrogen-bond donors (Lipinski definition) is 10. The Kier molecular flexibility index (Phi) is 15.8. The number of hydrogen-bond acceptors (Lipinski definition) is 12. The summed E-state index contributed by atoms with van der Waals surface area (Å²) in [6.45, 7) is 0.754. The zero-order valence-corrected chi connectivity index (χ0v) is 16.4. The molecule has 8 atom stereocenters. The van der Waals surface area contributed by atoms with Gasteiger partial charge < -0.3 is 61.1 Å². The van der Waals surface area contributed by atoms with E-state index in [1.807, 2.05) is 0 Å². The van der Waals surface area contributed by atoms with Gasteiger partial charge >= 0.3 is 0 Å². The highest BCUT2D eigenvalue weighted by Crippen LogP contribution is 2.04. The number of aldehydes is 2. The molecule has 0 saturated heterocycles. The number of amides is 2. The zero-order valence-electron chi connectivity index (χ0n) is 16.4. The third kappa shape index (κ3) is 11.2. The highest BCUT2D eigenvalue weighted by molar-refractivity contribution is 5.78. The smallest absolute Gasteiger partial charge is 0.217 e. The average Bonchev–Trinajstić information content (AvgIpc) is 2.72. The van der Waals surface area contributed by atoms with E-state index in [4.69, 9.17) is 20.4 Å². The van der Waals surface area contributed by atoms with E-state index in [0.29, 0.717) is 0 Å². The molecule has 0 saturated carbocycles. The van der Waals surface area contributed by atoms with E-state index < -0.39 is 73.7 Å². The normalized spacial score (nSPS) is 18.7. The highest BCUT2D eigenvalue weighted by atomic mass is 16.4. The van der Waals surface area contributed by atoms with E-state index in [9.17, 15) is 39.6 Å². The molecule has 0 unspecified atom stereocenters. The Hall–Kier alpha value is -2.04. The van der Waals surface area contributed by atoms with Crippen molar-refractivity contribution < 1.29 is 60.0 Å². The van der Waals surface area contributed by atoms with Crippen LogP contribution in [-0.4, -0.2) is 127 Å². The molecule has 0 aliphatic rings. The summed E-state index contributed by atoms with van der Waals surface area (Å²) in [6, 6.07) is -2.64. The Morgan fingerprint density at radius 2 is 0.933 bits per heavy atom. The van der Waals surface area contributed by atoms with E-state index in [2.05, 4.69) is 10.6 Å². The maximum Gasteiger partial charge on any atom is 0.217 e. The predicted octanol–water partition coefficient (Wildman–Crippen LogP) is -6.47. The van der Waals surface area contributed by atoms with Crippen LogP contribution in [0, 0.1) is 0 Å². The summed E-state index contributed by atoms with van der Waals surface area (Å²) in [6.07, 6.45) is -9.44. The van der Waals surface area contributed by atoms with Crippen LogP contribution in [0.25, 0.3) is 0 Å². The van der Waals surface area contributed by atoms with Crippen LogP contribution in [0.3, 0.4) is 0 Å². The van der Waals surface area contributed by atoms with E-state index in [-0.39, 0.29) is 12.6 Å². The molecule has 2 amide bonds. The molecule has 0 heterocycles. The molecule has 0 aromatic heterocycles. The van der Waals surface area contributed by atoms with Crippen LogP contribution < -0.4 is 10.6 Å². The van der Waals surface area contributed by atoms with Crippen molar-refractivity contribution in [1.29, 1.82) is 0 Å². The minimum absolute atomic E-state index is 0.235. The van der Waals surface area contributed by atoms with Crippen LogP contribution in [0.4, 0.5) is 0 Å². The summed E-state index contributed by atoms with van der Waals surface area (Å²) in [4.78, 5) is 42.1. The molecule has 0 rings (SSSR count). The highest BCUT2D eigenvalue weighted by Gasteiger charge is 2.32. The maximum absolute atomic E-state index is 10.6. The van der Waals surface area contributed by atoms with Crippen molar-refractivity contribution in [3.8, 4) is 0 Å². The van der Waals surface area contributed by atoms with Gasteiger partial charge in [-0.25, -0.2) is 0 Å². The number of aliphatic hydroxyl groups is 8. The molecule has 0 aromatic rings. The van der Waals surface area contributed by atoms with Gasteiger partial charge in [0.1, 0.15) is 61.3 Å². The fourth-order valence-corrected chi connectivity index (χ4v) is 1.97. The van der Waals surface area contributed by atoms with Gasteiger partial charge in [0.2, 0.25) is 11.8 Å². The van der Waals surface area contributed by atoms with Crippen LogP contribution in [-0.2, 0) is 19.2 Å². The topological polar surface area (TPSA) is 254 Å². The molecule has 0 fully saturated rings. The molecule has 0 spiro atoms. The van der Waals surface area contributed by atoms with Crippen molar-refractivity contribution in [3.05, 3.63) is 0 Å². The lowest BCUT2D eigenvalue weighted by atomic mass is 10.0. The lowest BCUT2D eigenvalue weighted by Crippen LogP contribution is -2.53. The second-order valence-corrected chi connectivity index (χ2v) is 6.19. The molecule has 10 N–H and O–H groups in total. The molecule has 0 bridgehead atoms. The Balaban J connectivity index is 0. The van der Waals surface area contributed by atoms with Crippen molar-refractivity contribution in [2.45, 2.75) is 62.6 Å². The number of carbonyl (C=O) groups excluding carboxylic acids is 4. The number of nitrogens with one attached hydrogen (secondary N) is 2. The van der Waals surface area contributed by atoms with Gasteiger partial charge in [0.05, 0.1) is 13.2 Å². The first-order valence-electron chi connectivity index (χ1n) is 8.62. The van der Waals surface area contributed by atoms with Gasteiger partial charge in [0.15, 0.2) is 0 Å². The minimum Gasteiger partial charge on any atom is -0.394 e. The lowest BCUT2D eigenvalue weighted by molar-refractivity contribution is -0.129. The van der Waals surface area contributed by atoms with Gasteiger partial charge in [-0.05, 0) is 0 Å². The second kappa shape index (κ2) is 15.8. The third-order valence-electron chi connectivity index (χ3n) is 3.63. The molecule has 176 valence electrons. The summed E-state index contributed by atoms with van der Waals surface area (Å²) >= 11 is 0. The standard InChI is InChI=1S/2C8H15NO6/c2*1-4(12)9-5(2-10)7(14)8(15)6(13)3-11/h2*2,5-8,11,13-15H,3H2,1H3,(H,9,12)/t2*5-,6+,7+,8-/m00/s1. The van der Waals surface area contributed by atoms with Gasteiger partial charge in [0, 0.05) is 13.8 Å². The first-order valence-corrected chi connectivity index (χ1v) is 8.62. The van der Waals surface area contributed by atoms with E-state index in [0.717, 1.165) is 13.8 Å². The molecule has 14 heteroatoms. The summed E-state index contributed by atoms with van der Waals surface area (Å²) in [5.41, 5.74) is 0. The van der Waals surface area contributed by atoms with Crippen LogP contribution in [0.2, 0.25) is 0 Å². The van der Waals surface area contributed by atoms with E-state index >= 15 is 0 Å². The fourth-order valence-electron chi connectivity index (χ4n) is 1.97. The Morgan fingerprint density at radius 1 is 0.667 bits per heavy atom. The van der Waals surface area contributed by atoms with Crippen LogP contribution >= 0.6 is 0 Å². The van der Waals surface area contributed by atoms with E-state index in [1.54, 1.807) is 0 Å². The SMILES string of the molecule is CC(=O)N[C@@H](C=O)[C@@H](O)[C@@H](O)[C@H](O)CO.CC(=O)N[C@@H](C=O)[C@@H](O)[C@@H](O)[C@H](O)CO. The van der Waals surface area contributed by atoms with Gasteiger partial charge in [-0.15, -0.1) is 0 Å². The molecular formula is C16H30N2O12. The average molecular weight is 442 g/mol. The third-order valence-corrected chi connectivity index (χ3v) is 3.63. The zero-order chi connectivity index (χ0) is 24.0. The van der Waals surface area contributed by atoms with Crippen molar-refractivity contribution in [3.63, 3.8) is 0 Å². The Bertz CT molecular complexity index is 488. The number of carbonyl (C=O) groups is 4. The lowest BCUT2D eigenvalue weighted by Gasteiger charge is -2.25. The van der Waals surface area contributed by atoms with Gasteiger partial charge in [-0.2, -0.15) is 0 Å². The van der Waals surface area contributed by atoms with Gasteiger partial charge in [-0.1, -0.05) is 0 Å². The van der Waals surface area contributed by atoms with Crippen LogP contribution in [0.5, 0.6) is 0 Å². The molecule has 0 radical (unpaired) electrons. The first-order chi connectivity index (χ1) is 13.9. The van der Waals surface area contributed by atoms with Crippen molar-refractivity contribution >= 4 is 24.4 Å². The summed E-state index contributed by atoms with van der Waals surface area (Å²) in [7, 11) is 0. The van der Waals surface area contributed by atoms with Crippen LogP contribution in [0.15, 0.2) is 0 Å². The number of rotatable bonds is 12. The van der Waals surface area contributed by atoms with Gasteiger partial charge in [0.25, 0.3) is 0 Å². The molecule has 14 nitrogen and oxygen atoms in total. The Labute approximate surface area is 171 Å². The molecule has 0 aliphatic carbocycles. The van der Waals surface area contributed by atoms with Crippen LogP contribution in [0.1, 0.15) is 13.8 Å². The largest absolute Gasteiger partial charge is 0.394 e. The molecular weight excluding hydrogens is 412 g/mol. The molecule has 0 aliphatic heterocycles. The Morgan fingerprint density at radius 3 is 1.10 bits per heavy atom. The molecule has 0 aromatic carbocycles. The quantitative estimate of drug-likeness (QED) is 0.127. The summed E-state index contributed by atoms with van der Waals surface area (Å²) < 4.78 is 0. The van der Waals surface area contributed by atoms with Gasteiger partial charge in [-0.3, -0.25) is 9.59 Å². The number of aliphatic hydroxyl groups excluding tert-OH is 8. The monoisotopic (exact) mass is 442 g/mol. The fraction of sp³-hybridized carbons (Fsp3) is 0.750. The maximum atomic E-state index is 10.6. The predicted molar refractivity (Wildman–Crippen MR) is 97.5 cm³/mol. The van der Waals surface area contributed by atoms with Crippen molar-refractivity contribution in [2.75, 3.05) is 13.2 Å².